The highest BCUT2D eigenvalue weighted by molar-refractivity contribution is 14.0. The first kappa shape index (κ1) is 25.6. The summed E-state index contributed by atoms with van der Waals surface area (Å²) in [7, 11) is 7.37. The molecular weight excluding hydrogens is 457 g/mol. The Bertz CT molecular complexity index is 606. The molecule has 0 aliphatic rings. The molecule has 8 heteroatoms. The molecule has 154 valence electrons. The maximum absolute atomic E-state index is 12.2. The zero-order valence-corrected chi connectivity index (χ0v) is 19.6. The van der Waals surface area contributed by atoms with Crippen LogP contribution in [0.25, 0.3) is 0 Å². The van der Waals surface area contributed by atoms with E-state index in [1.165, 1.54) is 0 Å². The molecule has 0 aliphatic carbocycles. The predicted octanol–water partition coefficient (Wildman–Crippen LogP) is 1.69. The topological polar surface area (TPSA) is 78.0 Å². The molecule has 0 atom stereocenters. The summed E-state index contributed by atoms with van der Waals surface area (Å²) in [6.45, 7) is 6.66. The first-order valence-corrected chi connectivity index (χ1v) is 8.79. The zero-order valence-electron chi connectivity index (χ0n) is 17.3. The molecule has 0 unspecified atom stereocenters. The number of nitrogens with one attached hydrogen (secondary N) is 3. The van der Waals surface area contributed by atoms with Gasteiger partial charge in [-0.2, -0.15) is 0 Å². The number of halogens is 1. The number of ether oxygens (including phenoxy) is 1. The van der Waals surface area contributed by atoms with E-state index in [4.69, 9.17) is 4.74 Å². The van der Waals surface area contributed by atoms with Crippen LogP contribution in [0.1, 0.15) is 29.8 Å². The van der Waals surface area contributed by atoms with E-state index in [2.05, 4.69) is 20.9 Å². The van der Waals surface area contributed by atoms with E-state index in [-0.39, 0.29) is 35.5 Å². The summed E-state index contributed by atoms with van der Waals surface area (Å²) in [5.74, 6) is 0.633. The number of hydrogen-bond acceptors (Lipinski definition) is 4. The molecule has 0 aliphatic heterocycles. The molecule has 0 fully saturated rings. The summed E-state index contributed by atoms with van der Waals surface area (Å²) < 4.78 is 5.39. The van der Waals surface area contributed by atoms with E-state index in [0.29, 0.717) is 31.2 Å². The lowest BCUT2D eigenvalue weighted by atomic mass is 10.1. The number of amides is 1. The van der Waals surface area contributed by atoms with Crippen LogP contribution in [0.2, 0.25) is 0 Å². The molecule has 0 heterocycles. The van der Waals surface area contributed by atoms with Crippen LogP contribution in [-0.4, -0.2) is 70.3 Å². The highest BCUT2D eigenvalue weighted by atomic mass is 127. The second-order valence-electron chi connectivity index (χ2n) is 7.00. The van der Waals surface area contributed by atoms with Crippen molar-refractivity contribution >= 4 is 35.8 Å². The summed E-state index contributed by atoms with van der Waals surface area (Å²) >= 11 is 0. The van der Waals surface area contributed by atoms with Gasteiger partial charge in [-0.05, 0) is 45.6 Å². The summed E-state index contributed by atoms with van der Waals surface area (Å²) in [4.78, 5) is 18.5. The van der Waals surface area contributed by atoms with Gasteiger partial charge >= 0.3 is 0 Å². The van der Waals surface area contributed by atoms with Crippen molar-refractivity contribution in [1.82, 2.24) is 20.9 Å². The van der Waals surface area contributed by atoms with E-state index in [9.17, 15) is 4.79 Å². The molecule has 0 aromatic heterocycles. The van der Waals surface area contributed by atoms with Gasteiger partial charge in [0.05, 0.1) is 5.60 Å². The standard InChI is InChI=1S/C19H33N5O2.HI/c1-19(2,26-6)14-23-18(20-3)22-13-15-8-7-9-16(12-15)17(25)21-10-11-24(4)5;/h7-9,12H,10-11,13-14H2,1-6H3,(H,21,25)(H2,20,22,23);1H. The Morgan fingerprint density at radius 1 is 1.22 bits per heavy atom. The lowest BCUT2D eigenvalue weighted by Gasteiger charge is -2.24. The van der Waals surface area contributed by atoms with E-state index in [0.717, 1.165) is 12.1 Å². The van der Waals surface area contributed by atoms with Gasteiger partial charge in [-0.15, -0.1) is 24.0 Å². The summed E-state index contributed by atoms with van der Waals surface area (Å²) in [6.07, 6.45) is 0. The SMILES string of the molecule is CN=C(NCc1cccc(C(=O)NCCN(C)C)c1)NCC(C)(C)OC.I. The zero-order chi connectivity index (χ0) is 19.6. The van der Waals surface area contributed by atoms with Crippen LogP contribution in [0.3, 0.4) is 0 Å². The molecule has 1 amide bonds. The predicted molar refractivity (Wildman–Crippen MR) is 122 cm³/mol. The van der Waals surface area contributed by atoms with Crippen molar-refractivity contribution in [3.8, 4) is 0 Å². The van der Waals surface area contributed by atoms with E-state index in [1.54, 1.807) is 14.2 Å². The van der Waals surface area contributed by atoms with Crippen molar-refractivity contribution in [3.05, 3.63) is 35.4 Å². The van der Waals surface area contributed by atoms with Crippen molar-refractivity contribution in [2.75, 3.05) is 47.9 Å². The highest BCUT2D eigenvalue weighted by Crippen LogP contribution is 2.06. The third-order valence-corrected chi connectivity index (χ3v) is 3.95. The quantitative estimate of drug-likeness (QED) is 0.279. The molecular formula is C19H34IN5O2. The number of guanidine groups is 1. The summed E-state index contributed by atoms with van der Waals surface area (Å²) in [5, 5.41) is 9.41. The molecule has 3 N–H and O–H groups in total. The number of carbonyl (C=O) groups is 1. The first-order valence-electron chi connectivity index (χ1n) is 8.79. The van der Waals surface area contributed by atoms with Gasteiger partial charge in [0.25, 0.3) is 5.91 Å². The number of carbonyl (C=O) groups excluding carboxylic acids is 1. The van der Waals surface area contributed by atoms with Gasteiger partial charge < -0.3 is 25.6 Å². The molecule has 0 saturated heterocycles. The Hall–Kier alpha value is -1.39. The minimum atomic E-state index is -0.276. The molecule has 0 spiro atoms. The average molecular weight is 491 g/mol. The minimum absolute atomic E-state index is 0. The fraction of sp³-hybridized carbons (Fsp3) is 0.579. The van der Waals surface area contributed by atoms with Gasteiger partial charge in [-0.1, -0.05) is 12.1 Å². The Morgan fingerprint density at radius 2 is 1.93 bits per heavy atom. The largest absolute Gasteiger partial charge is 0.377 e. The van der Waals surface area contributed by atoms with E-state index >= 15 is 0 Å². The lowest BCUT2D eigenvalue weighted by molar-refractivity contribution is 0.0268. The molecule has 1 aromatic rings. The van der Waals surface area contributed by atoms with Gasteiger partial charge in [0.1, 0.15) is 0 Å². The van der Waals surface area contributed by atoms with Gasteiger partial charge in [-0.25, -0.2) is 0 Å². The monoisotopic (exact) mass is 491 g/mol. The fourth-order valence-corrected chi connectivity index (χ4v) is 2.09. The molecule has 0 radical (unpaired) electrons. The second kappa shape index (κ2) is 12.9. The van der Waals surface area contributed by atoms with Crippen LogP contribution in [0, 0.1) is 0 Å². The number of rotatable bonds is 9. The number of aliphatic imine (C=N–C) groups is 1. The van der Waals surface area contributed by atoms with Crippen LogP contribution in [-0.2, 0) is 11.3 Å². The Labute approximate surface area is 180 Å². The molecule has 0 bridgehead atoms. The van der Waals surface area contributed by atoms with Crippen molar-refractivity contribution in [3.63, 3.8) is 0 Å². The van der Waals surface area contributed by atoms with Gasteiger partial charge in [-0.3, -0.25) is 9.79 Å². The number of methoxy groups -OCH3 is 1. The van der Waals surface area contributed by atoms with E-state index in [1.807, 2.05) is 57.1 Å². The van der Waals surface area contributed by atoms with Crippen molar-refractivity contribution in [2.24, 2.45) is 4.99 Å². The van der Waals surface area contributed by atoms with Crippen molar-refractivity contribution in [2.45, 2.75) is 26.0 Å². The Kier molecular flexibility index (Phi) is 12.2. The Morgan fingerprint density at radius 3 is 2.52 bits per heavy atom. The third-order valence-electron chi connectivity index (χ3n) is 3.95. The van der Waals surface area contributed by atoms with Gasteiger partial charge in [0, 0.05) is 45.9 Å². The van der Waals surface area contributed by atoms with Gasteiger partial charge in [0.2, 0.25) is 0 Å². The number of nitrogens with zero attached hydrogens (tertiary/aromatic N) is 2. The maximum atomic E-state index is 12.2. The maximum Gasteiger partial charge on any atom is 0.251 e. The summed E-state index contributed by atoms with van der Waals surface area (Å²) in [6, 6.07) is 7.59. The highest BCUT2D eigenvalue weighted by Gasteiger charge is 2.16. The minimum Gasteiger partial charge on any atom is -0.377 e. The van der Waals surface area contributed by atoms with Crippen molar-refractivity contribution in [1.29, 1.82) is 0 Å². The number of benzene rings is 1. The molecule has 1 aromatic carbocycles. The van der Waals surface area contributed by atoms with Crippen LogP contribution in [0.5, 0.6) is 0 Å². The van der Waals surface area contributed by atoms with Gasteiger partial charge in [0.15, 0.2) is 5.96 Å². The Balaban J connectivity index is 0.00000676. The lowest BCUT2D eigenvalue weighted by Crippen LogP contribution is -2.45. The molecule has 0 saturated carbocycles. The first-order chi connectivity index (χ1) is 12.3. The van der Waals surface area contributed by atoms with Crippen molar-refractivity contribution < 1.29 is 9.53 Å². The van der Waals surface area contributed by atoms with Crippen LogP contribution < -0.4 is 16.0 Å². The molecule has 27 heavy (non-hydrogen) atoms. The third kappa shape index (κ3) is 10.5. The van der Waals surface area contributed by atoms with E-state index < -0.39 is 0 Å². The second-order valence-corrected chi connectivity index (χ2v) is 7.00. The molecule has 7 nitrogen and oxygen atoms in total. The smallest absolute Gasteiger partial charge is 0.251 e. The fourth-order valence-electron chi connectivity index (χ4n) is 2.09. The van der Waals surface area contributed by atoms with Crippen LogP contribution >= 0.6 is 24.0 Å². The number of hydrogen-bond donors (Lipinski definition) is 3. The molecule has 1 rings (SSSR count). The summed E-state index contributed by atoms with van der Waals surface area (Å²) in [5.41, 5.74) is 1.40. The van der Waals surface area contributed by atoms with Crippen LogP contribution in [0.4, 0.5) is 0 Å². The van der Waals surface area contributed by atoms with Crippen LogP contribution in [0.15, 0.2) is 29.3 Å². The average Bonchev–Trinajstić information content (AvgIpc) is 2.61. The normalized spacial score (nSPS) is 11.7. The number of likely N-dealkylation sites (N-methyl/N-ethyl adjacent to an activating group) is 1.